The van der Waals surface area contributed by atoms with Gasteiger partial charge in [0.1, 0.15) is 0 Å². The number of aromatic nitrogens is 2. The highest BCUT2D eigenvalue weighted by Crippen LogP contribution is 2.07. The molecule has 108 valence electrons. The molecule has 21 heavy (non-hydrogen) atoms. The summed E-state index contributed by atoms with van der Waals surface area (Å²) in [6.45, 7) is 3.40. The summed E-state index contributed by atoms with van der Waals surface area (Å²) >= 11 is 0. The van der Waals surface area contributed by atoms with Gasteiger partial charge in [-0.3, -0.25) is 9.48 Å². The molecule has 1 aromatic carbocycles. The molecular formula is C16H18N4O. The number of carbonyl (C=O) groups excluding carboxylic acids is 1. The Labute approximate surface area is 124 Å². The van der Waals surface area contributed by atoms with E-state index >= 15 is 0 Å². The minimum absolute atomic E-state index is 0.138. The number of hydrogen-bond acceptors (Lipinski definition) is 3. The van der Waals surface area contributed by atoms with E-state index in [2.05, 4.69) is 22.3 Å². The van der Waals surface area contributed by atoms with E-state index in [1.54, 1.807) is 16.9 Å². The van der Waals surface area contributed by atoms with Crippen molar-refractivity contribution in [2.75, 3.05) is 13.1 Å². The fourth-order valence-electron chi connectivity index (χ4n) is 1.90. The maximum Gasteiger partial charge on any atom is 0.252 e. The standard InChI is InChI=1S/C16H18N4O/c1-13-11-19-20(12-13)10-9-18-16(21)15-7-3-2-5-14(15)6-4-8-17/h2-3,5,7,11-12H,8-10,17H2,1H3,(H,18,21). The average Bonchev–Trinajstić information content (AvgIpc) is 2.91. The molecule has 1 aromatic heterocycles. The molecule has 0 aliphatic rings. The Balaban J connectivity index is 1.97. The zero-order valence-corrected chi connectivity index (χ0v) is 12.0. The van der Waals surface area contributed by atoms with Gasteiger partial charge in [-0.25, -0.2) is 0 Å². The van der Waals surface area contributed by atoms with Gasteiger partial charge in [0, 0.05) is 18.3 Å². The molecule has 0 radical (unpaired) electrons. The highest BCUT2D eigenvalue weighted by atomic mass is 16.1. The first kappa shape index (κ1) is 14.8. The van der Waals surface area contributed by atoms with Crippen molar-refractivity contribution in [3.8, 4) is 11.8 Å². The van der Waals surface area contributed by atoms with Crippen LogP contribution in [-0.4, -0.2) is 28.8 Å². The van der Waals surface area contributed by atoms with E-state index in [1.807, 2.05) is 31.3 Å². The van der Waals surface area contributed by atoms with Crippen molar-refractivity contribution in [1.29, 1.82) is 0 Å². The van der Waals surface area contributed by atoms with Gasteiger partial charge in [-0.1, -0.05) is 24.0 Å². The van der Waals surface area contributed by atoms with E-state index in [-0.39, 0.29) is 12.5 Å². The molecule has 0 spiro atoms. The van der Waals surface area contributed by atoms with Gasteiger partial charge in [-0.2, -0.15) is 5.10 Å². The molecule has 0 bridgehead atoms. The molecule has 0 saturated carbocycles. The number of nitrogens with two attached hydrogens (primary N) is 1. The number of aryl methyl sites for hydroxylation is 1. The summed E-state index contributed by atoms with van der Waals surface area (Å²) in [5.74, 6) is 5.54. The summed E-state index contributed by atoms with van der Waals surface area (Å²) in [6.07, 6.45) is 3.73. The number of rotatable bonds is 4. The summed E-state index contributed by atoms with van der Waals surface area (Å²) in [5.41, 5.74) is 7.72. The van der Waals surface area contributed by atoms with Gasteiger partial charge in [0.15, 0.2) is 0 Å². The Kier molecular flexibility index (Phi) is 5.13. The van der Waals surface area contributed by atoms with E-state index < -0.39 is 0 Å². The Hall–Kier alpha value is -2.58. The van der Waals surface area contributed by atoms with Crippen LogP contribution in [0.4, 0.5) is 0 Å². The maximum absolute atomic E-state index is 12.2. The van der Waals surface area contributed by atoms with Crippen LogP contribution in [0.3, 0.4) is 0 Å². The quantitative estimate of drug-likeness (QED) is 0.819. The van der Waals surface area contributed by atoms with E-state index in [1.165, 1.54) is 0 Å². The predicted octanol–water partition coefficient (Wildman–Crippen LogP) is 0.932. The van der Waals surface area contributed by atoms with Crippen molar-refractivity contribution in [2.45, 2.75) is 13.5 Å². The number of nitrogens with zero attached hydrogens (tertiary/aromatic N) is 2. The number of amides is 1. The zero-order valence-electron chi connectivity index (χ0n) is 12.0. The molecule has 0 aliphatic heterocycles. The third kappa shape index (κ3) is 4.20. The lowest BCUT2D eigenvalue weighted by atomic mass is 10.1. The van der Waals surface area contributed by atoms with Crippen LogP contribution in [0, 0.1) is 18.8 Å². The number of benzene rings is 1. The lowest BCUT2D eigenvalue weighted by Crippen LogP contribution is -2.28. The van der Waals surface area contributed by atoms with Crippen molar-refractivity contribution in [2.24, 2.45) is 5.73 Å². The molecule has 5 heteroatoms. The molecule has 0 aliphatic carbocycles. The molecule has 0 saturated heterocycles. The van der Waals surface area contributed by atoms with Crippen LogP contribution < -0.4 is 11.1 Å². The summed E-state index contributed by atoms with van der Waals surface area (Å²) < 4.78 is 1.80. The van der Waals surface area contributed by atoms with Crippen molar-refractivity contribution < 1.29 is 4.79 Å². The topological polar surface area (TPSA) is 72.9 Å². The molecular weight excluding hydrogens is 264 g/mol. The van der Waals surface area contributed by atoms with Crippen molar-refractivity contribution in [1.82, 2.24) is 15.1 Å². The molecule has 2 aromatic rings. The first-order valence-corrected chi connectivity index (χ1v) is 6.76. The Morgan fingerprint density at radius 2 is 2.24 bits per heavy atom. The summed E-state index contributed by atoms with van der Waals surface area (Å²) in [4.78, 5) is 12.2. The molecule has 5 nitrogen and oxygen atoms in total. The highest BCUT2D eigenvalue weighted by Gasteiger charge is 2.08. The number of hydrogen-bond donors (Lipinski definition) is 2. The lowest BCUT2D eigenvalue weighted by Gasteiger charge is -2.07. The highest BCUT2D eigenvalue weighted by molar-refractivity contribution is 5.96. The van der Waals surface area contributed by atoms with Crippen LogP contribution >= 0.6 is 0 Å². The lowest BCUT2D eigenvalue weighted by molar-refractivity contribution is 0.0951. The Morgan fingerprint density at radius 1 is 1.43 bits per heavy atom. The van der Waals surface area contributed by atoms with E-state index in [0.29, 0.717) is 24.2 Å². The first-order chi connectivity index (χ1) is 10.2. The van der Waals surface area contributed by atoms with Gasteiger partial charge < -0.3 is 11.1 Å². The maximum atomic E-state index is 12.2. The Morgan fingerprint density at radius 3 is 2.95 bits per heavy atom. The molecule has 2 rings (SSSR count). The normalized spacial score (nSPS) is 9.81. The monoisotopic (exact) mass is 282 g/mol. The van der Waals surface area contributed by atoms with Crippen molar-refractivity contribution in [3.05, 3.63) is 53.3 Å². The second-order valence-electron chi connectivity index (χ2n) is 4.59. The van der Waals surface area contributed by atoms with Crippen molar-refractivity contribution >= 4 is 5.91 Å². The third-order valence-electron chi connectivity index (χ3n) is 2.89. The van der Waals surface area contributed by atoms with Crippen LogP contribution in [-0.2, 0) is 6.54 Å². The predicted molar refractivity (Wildman–Crippen MR) is 81.7 cm³/mol. The van der Waals surface area contributed by atoms with Crippen LogP contribution in [0.1, 0.15) is 21.5 Å². The Bertz CT molecular complexity index is 679. The van der Waals surface area contributed by atoms with Crippen LogP contribution in [0.2, 0.25) is 0 Å². The van der Waals surface area contributed by atoms with Crippen LogP contribution in [0.25, 0.3) is 0 Å². The van der Waals surface area contributed by atoms with Gasteiger partial charge >= 0.3 is 0 Å². The molecule has 3 N–H and O–H groups in total. The van der Waals surface area contributed by atoms with Crippen molar-refractivity contribution in [3.63, 3.8) is 0 Å². The second-order valence-corrected chi connectivity index (χ2v) is 4.59. The SMILES string of the molecule is Cc1cnn(CCNC(=O)c2ccccc2C#CCN)c1. The van der Waals surface area contributed by atoms with E-state index in [0.717, 1.165) is 5.56 Å². The van der Waals surface area contributed by atoms with Crippen LogP contribution in [0.5, 0.6) is 0 Å². The fraction of sp³-hybridized carbons (Fsp3) is 0.250. The minimum atomic E-state index is -0.138. The number of carbonyl (C=O) groups is 1. The zero-order chi connectivity index (χ0) is 15.1. The van der Waals surface area contributed by atoms with Gasteiger partial charge in [0.05, 0.1) is 24.8 Å². The molecule has 0 unspecified atom stereocenters. The summed E-state index contributed by atoms with van der Waals surface area (Å²) in [6, 6.07) is 7.24. The second kappa shape index (κ2) is 7.27. The molecule has 0 fully saturated rings. The van der Waals surface area contributed by atoms with Gasteiger partial charge in [0.2, 0.25) is 0 Å². The first-order valence-electron chi connectivity index (χ1n) is 6.76. The van der Waals surface area contributed by atoms with Crippen LogP contribution in [0.15, 0.2) is 36.7 Å². The van der Waals surface area contributed by atoms with E-state index in [4.69, 9.17) is 5.73 Å². The minimum Gasteiger partial charge on any atom is -0.350 e. The van der Waals surface area contributed by atoms with Gasteiger partial charge in [-0.15, -0.1) is 0 Å². The number of nitrogens with one attached hydrogen (secondary N) is 1. The summed E-state index contributed by atoms with van der Waals surface area (Å²) in [7, 11) is 0. The third-order valence-corrected chi connectivity index (χ3v) is 2.89. The molecule has 1 heterocycles. The summed E-state index contributed by atoms with van der Waals surface area (Å²) in [5, 5.41) is 7.05. The van der Waals surface area contributed by atoms with Gasteiger partial charge in [-0.05, 0) is 24.6 Å². The molecule has 0 atom stereocenters. The largest absolute Gasteiger partial charge is 0.350 e. The average molecular weight is 282 g/mol. The molecule has 1 amide bonds. The van der Waals surface area contributed by atoms with E-state index in [9.17, 15) is 4.79 Å². The smallest absolute Gasteiger partial charge is 0.252 e. The fourth-order valence-corrected chi connectivity index (χ4v) is 1.90. The van der Waals surface area contributed by atoms with Gasteiger partial charge in [0.25, 0.3) is 5.91 Å².